The minimum atomic E-state index is -4.37. The zero-order valence-corrected chi connectivity index (χ0v) is 17.2. The first-order chi connectivity index (χ1) is 14.9. The molecule has 4 nitrogen and oxygen atoms in total. The second-order valence-corrected chi connectivity index (χ2v) is 7.24. The number of nitrogens with zero attached hydrogens (tertiary/aromatic N) is 1. The van der Waals surface area contributed by atoms with Gasteiger partial charge in [-0.1, -0.05) is 35.9 Å². The average Bonchev–Trinajstić information content (AvgIpc) is 3.29. The molecule has 160 valence electrons. The summed E-state index contributed by atoms with van der Waals surface area (Å²) in [7, 11) is 1.58. The summed E-state index contributed by atoms with van der Waals surface area (Å²) in [5.74, 6) is 1.08. The van der Waals surface area contributed by atoms with Gasteiger partial charge in [0.25, 0.3) is 0 Å². The van der Waals surface area contributed by atoms with Crippen molar-refractivity contribution >= 4 is 22.4 Å². The van der Waals surface area contributed by atoms with Crippen LogP contribution in [0.4, 0.5) is 13.2 Å². The zero-order valence-electron chi connectivity index (χ0n) is 16.5. The summed E-state index contributed by atoms with van der Waals surface area (Å²) in [6.45, 7) is 0.720. The van der Waals surface area contributed by atoms with Crippen LogP contribution in [0.15, 0.2) is 60.9 Å². The molecule has 0 saturated carbocycles. The normalized spacial score (nSPS) is 11.8. The SMILES string of the molecule is COCCOc1c(-c2ncc[nH]2)cc2cc(-c3ccc(C(F)(F)F)cc3)ccc2c1Cl. The Morgan fingerprint density at radius 2 is 1.74 bits per heavy atom. The van der Waals surface area contributed by atoms with E-state index in [9.17, 15) is 13.2 Å². The third kappa shape index (κ3) is 4.38. The molecule has 0 atom stereocenters. The molecule has 8 heteroatoms. The van der Waals surface area contributed by atoms with E-state index in [4.69, 9.17) is 21.1 Å². The van der Waals surface area contributed by atoms with Gasteiger partial charge >= 0.3 is 6.18 Å². The number of ether oxygens (including phenoxy) is 2. The number of hydrogen-bond donors (Lipinski definition) is 1. The van der Waals surface area contributed by atoms with Crippen LogP contribution in [0.2, 0.25) is 5.02 Å². The number of benzene rings is 3. The number of H-pyrrole nitrogens is 1. The summed E-state index contributed by atoms with van der Waals surface area (Å²) in [6.07, 6.45) is -1.04. The standard InChI is InChI=1S/C23H18ClF3N2O2/c1-30-10-11-31-21-19(22-28-8-9-29-22)13-16-12-15(4-7-18(16)20(21)24)14-2-5-17(6-3-14)23(25,26)27/h2-9,12-13H,10-11H2,1H3,(H,28,29). The van der Waals surface area contributed by atoms with E-state index in [-0.39, 0.29) is 0 Å². The van der Waals surface area contributed by atoms with Crippen LogP contribution in [0, 0.1) is 0 Å². The number of halogens is 4. The molecule has 0 aliphatic rings. The predicted molar refractivity (Wildman–Crippen MR) is 114 cm³/mol. The minimum Gasteiger partial charge on any atom is -0.489 e. The number of imidazole rings is 1. The van der Waals surface area contributed by atoms with E-state index in [1.165, 1.54) is 12.1 Å². The fourth-order valence-electron chi connectivity index (χ4n) is 3.33. The lowest BCUT2D eigenvalue weighted by atomic mass is 9.98. The van der Waals surface area contributed by atoms with Crippen molar-refractivity contribution in [2.45, 2.75) is 6.18 Å². The molecule has 0 unspecified atom stereocenters. The molecular weight excluding hydrogens is 429 g/mol. The van der Waals surface area contributed by atoms with E-state index in [0.717, 1.165) is 28.5 Å². The first-order valence-corrected chi connectivity index (χ1v) is 9.81. The van der Waals surface area contributed by atoms with Gasteiger partial charge in [-0.3, -0.25) is 0 Å². The predicted octanol–water partition coefficient (Wildman–Crippen LogP) is 6.59. The molecule has 4 aromatic rings. The van der Waals surface area contributed by atoms with Crippen molar-refractivity contribution in [2.24, 2.45) is 0 Å². The quantitative estimate of drug-likeness (QED) is 0.340. The number of fused-ring (bicyclic) bond motifs is 1. The van der Waals surface area contributed by atoms with E-state index >= 15 is 0 Å². The van der Waals surface area contributed by atoms with Crippen molar-refractivity contribution in [3.8, 4) is 28.3 Å². The summed E-state index contributed by atoms with van der Waals surface area (Å²) < 4.78 is 49.5. The Kier molecular flexibility index (Phi) is 5.89. The first-order valence-electron chi connectivity index (χ1n) is 9.44. The monoisotopic (exact) mass is 446 g/mol. The van der Waals surface area contributed by atoms with Gasteiger partial charge in [0.1, 0.15) is 18.2 Å². The highest BCUT2D eigenvalue weighted by Crippen LogP contribution is 2.42. The summed E-state index contributed by atoms with van der Waals surface area (Å²) in [6, 6.07) is 12.5. The molecular formula is C23H18ClF3N2O2. The third-order valence-electron chi connectivity index (χ3n) is 4.86. The van der Waals surface area contributed by atoms with Gasteiger partial charge in [-0.15, -0.1) is 0 Å². The van der Waals surface area contributed by atoms with E-state index in [2.05, 4.69) is 9.97 Å². The minimum absolute atomic E-state index is 0.319. The Labute approximate surface area is 181 Å². The molecule has 1 aromatic heterocycles. The number of aromatic nitrogens is 2. The van der Waals surface area contributed by atoms with Crippen molar-refractivity contribution in [1.29, 1.82) is 0 Å². The van der Waals surface area contributed by atoms with E-state index in [0.29, 0.717) is 40.9 Å². The number of methoxy groups -OCH3 is 1. The summed E-state index contributed by atoms with van der Waals surface area (Å²) >= 11 is 6.68. The van der Waals surface area contributed by atoms with Crippen LogP contribution in [-0.2, 0) is 10.9 Å². The fraction of sp³-hybridized carbons (Fsp3) is 0.174. The molecule has 0 bridgehead atoms. The van der Waals surface area contributed by atoms with Crippen LogP contribution >= 0.6 is 11.6 Å². The van der Waals surface area contributed by atoms with Crippen molar-refractivity contribution in [2.75, 3.05) is 20.3 Å². The molecule has 31 heavy (non-hydrogen) atoms. The van der Waals surface area contributed by atoms with Gasteiger partial charge in [0.2, 0.25) is 0 Å². The molecule has 0 radical (unpaired) electrons. The molecule has 0 saturated heterocycles. The van der Waals surface area contributed by atoms with Gasteiger partial charge < -0.3 is 14.5 Å². The van der Waals surface area contributed by atoms with Crippen LogP contribution in [0.1, 0.15) is 5.56 Å². The summed E-state index contributed by atoms with van der Waals surface area (Å²) in [5.41, 5.74) is 1.45. The van der Waals surface area contributed by atoms with Crippen molar-refractivity contribution < 1.29 is 22.6 Å². The Hall–Kier alpha value is -3.03. The lowest BCUT2D eigenvalue weighted by Gasteiger charge is -2.15. The van der Waals surface area contributed by atoms with Crippen molar-refractivity contribution in [3.05, 3.63) is 71.5 Å². The topological polar surface area (TPSA) is 47.1 Å². The molecule has 0 aliphatic carbocycles. The van der Waals surface area contributed by atoms with Crippen LogP contribution in [0.3, 0.4) is 0 Å². The number of hydrogen-bond acceptors (Lipinski definition) is 3. The molecule has 0 amide bonds. The maximum absolute atomic E-state index is 12.9. The number of alkyl halides is 3. The number of rotatable bonds is 6. The zero-order chi connectivity index (χ0) is 22.0. The number of aromatic amines is 1. The van der Waals surface area contributed by atoms with Gasteiger partial charge in [0.05, 0.1) is 22.8 Å². The van der Waals surface area contributed by atoms with Gasteiger partial charge in [0.15, 0.2) is 0 Å². The maximum atomic E-state index is 12.9. The van der Waals surface area contributed by atoms with Gasteiger partial charge in [-0.25, -0.2) is 4.98 Å². The Morgan fingerprint density at radius 1 is 1.00 bits per heavy atom. The second kappa shape index (κ2) is 8.61. The summed E-state index contributed by atoms with van der Waals surface area (Å²) in [5, 5.41) is 2.01. The van der Waals surface area contributed by atoms with Gasteiger partial charge in [-0.05, 0) is 40.8 Å². The third-order valence-corrected chi connectivity index (χ3v) is 5.24. The molecule has 1 heterocycles. The fourth-order valence-corrected chi connectivity index (χ4v) is 3.66. The first kappa shape index (κ1) is 21.2. The maximum Gasteiger partial charge on any atom is 0.416 e. The lowest BCUT2D eigenvalue weighted by molar-refractivity contribution is -0.137. The smallest absolute Gasteiger partial charge is 0.416 e. The molecule has 1 N–H and O–H groups in total. The van der Waals surface area contributed by atoms with E-state index in [1.54, 1.807) is 19.5 Å². The molecule has 0 spiro atoms. The second-order valence-electron chi connectivity index (χ2n) is 6.86. The molecule has 0 fully saturated rings. The Bertz CT molecular complexity index is 1190. The van der Waals surface area contributed by atoms with Gasteiger partial charge in [0, 0.05) is 24.9 Å². The average molecular weight is 447 g/mol. The van der Waals surface area contributed by atoms with Crippen LogP contribution < -0.4 is 4.74 Å². The van der Waals surface area contributed by atoms with Crippen molar-refractivity contribution in [1.82, 2.24) is 9.97 Å². The molecule has 4 rings (SSSR count). The van der Waals surface area contributed by atoms with Crippen LogP contribution in [0.25, 0.3) is 33.3 Å². The highest BCUT2D eigenvalue weighted by Gasteiger charge is 2.30. The lowest BCUT2D eigenvalue weighted by Crippen LogP contribution is -2.06. The van der Waals surface area contributed by atoms with E-state index in [1.807, 2.05) is 24.3 Å². The molecule has 3 aromatic carbocycles. The Morgan fingerprint density at radius 3 is 2.39 bits per heavy atom. The van der Waals surface area contributed by atoms with Crippen LogP contribution in [0.5, 0.6) is 5.75 Å². The summed E-state index contributed by atoms with van der Waals surface area (Å²) in [4.78, 5) is 7.36. The Balaban J connectivity index is 1.80. The largest absolute Gasteiger partial charge is 0.489 e. The van der Waals surface area contributed by atoms with Crippen molar-refractivity contribution in [3.63, 3.8) is 0 Å². The number of nitrogens with one attached hydrogen (secondary N) is 1. The molecule has 0 aliphatic heterocycles. The van der Waals surface area contributed by atoms with Gasteiger partial charge in [-0.2, -0.15) is 13.2 Å². The highest BCUT2D eigenvalue weighted by atomic mass is 35.5. The van der Waals surface area contributed by atoms with E-state index < -0.39 is 11.7 Å². The highest BCUT2D eigenvalue weighted by molar-refractivity contribution is 6.37. The van der Waals surface area contributed by atoms with Crippen LogP contribution in [-0.4, -0.2) is 30.3 Å².